The van der Waals surface area contributed by atoms with Gasteiger partial charge in [0.25, 0.3) is 5.91 Å². The van der Waals surface area contributed by atoms with Crippen LogP contribution in [0.5, 0.6) is 0 Å². The van der Waals surface area contributed by atoms with E-state index in [1.807, 2.05) is 6.92 Å². The van der Waals surface area contributed by atoms with Crippen molar-refractivity contribution < 1.29 is 9.59 Å². The van der Waals surface area contributed by atoms with Crippen molar-refractivity contribution in [2.24, 2.45) is 5.92 Å². The predicted molar refractivity (Wildman–Crippen MR) is 99.0 cm³/mol. The fourth-order valence-corrected chi connectivity index (χ4v) is 4.30. The summed E-state index contributed by atoms with van der Waals surface area (Å²) in [6, 6.07) is 6.19. The molecule has 0 bridgehead atoms. The van der Waals surface area contributed by atoms with E-state index in [0.717, 1.165) is 45.4 Å². The van der Waals surface area contributed by atoms with Crippen molar-refractivity contribution in [1.29, 1.82) is 0 Å². The molecule has 4 rings (SSSR count). The molecule has 7 heteroatoms. The van der Waals surface area contributed by atoms with Crippen LogP contribution in [0.25, 0.3) is 0 Å². The average molecular weight is 365 g/mol. The number of nitrogens with one attached hydrogen (secondary N) is 3. The maximum absolute atomic E-state index is 12.1. The molecule has 1 unspecified atom stereocenters. The largest absolute Gasteiger partial charge is 0.384 e. The van der Waals surface area contributed by atoms with Gasteiger partial charge in [0.15, 0.2) is 0 Å². The number of urea groups is 1. The van der Waals surface area contributed by atoms with Crippen LogP contribution in [-0.2, 0) is 17.8 Å². The number of likely N-dealkylation sites (tertiary alicyclic amines) is 1. The molecule has 1 atom stereocenters. The monoisotopic (exact) mass is 364 g/mol. The molecule has 2 saturated heterocycles. The quantitative estimate of drug-likeness (QED) is 0.716. The highest BCUT2D eigenvalue weighted by Gasteiger charge is 2.48. The van der Waals surface area contributed by atoms with Gasteiger partial charge in [0, 0.05) is 18.8 Å². The molecular weight excluding hydrogens is 340 g/mol. The van der Waals surface area contributed by atoms with Crippen molar-refractivity contribution in [2.45, 2.75) is 38.3 Å². The number of hydrogen-bond donors (Lipinski definition) is 3. The smallest absolute Gasteiger partial charge is 0.322 e. The van der Waals surface area contributed by atoms with E-state index >= 15 is 0 Å². The van der Waals surface area contributed by atoms with Gasteiger partial charge in [-0.3, -0.25) is 15.0 Å². The summed E-state index contributed by atoms with van der Waals surface area (Å²) in [4.78, 5) is 26.0. The van der Waals surface area contributed by atoms with E-state index in [-0.39, 0.29) is 30.3 Å². The highest BCUT2D eigenvalue weighted by Crippen LogP contribution is 2.32. The summed E-state index contributed by atoms with van der Waals surface area (Å²) in [5.74, 6) is 0.0100. The lowest BCUT2D eigenvalue weighted by Crippen LogP contribution is -2.53. The number of para-hydroxylation sites is 1. The zero-order chi connectivity index (χ0) is 16.7. The maximum Gasteiger partial charge on any atom is 0.322 e. The normalized spacial score (nSPS) is 26.4. The Labute approximate surface area is 154 Å². The Morgan fingerprint density at radius 3 is 2.68 bits per heavy atom. The summed E-state index contributed by atoms with van der Waals surface area (Å²) in [7, 11) is 0. The Bertz CT molecular complexity index is 688. The third-order valence-electron chi connectivity index (χ3n) is 5.80. The first-order chi connectivity index (χ1) is 11.6. The number of fused-ring (bicyclic) bond motifs is 1. The minimum absolute atomic E-state index is 0. The number of rotatable bonds is 3. The number of carbonyl (C=O) groups excluding carboxylic acids is 2. The number of anilines is 1. The minimum atomic E-state index is -0.751. The fourth-order valence-electron chi connectivity index (χ4n) is 4.30. The maximum atomic E-state index is 12.1. The molecule has 3 aliphatic rings. The summed E-state index contributed by atoms with van der Waals surface area (Å²) in [5, 5.41) is 8.69. The Hall–Kier alpha value is -1.79. The van der Waals surface area contributed by atoms with Gasteiger partial charge in [0.05, 0.1) is 0 Å². The number of hydrogen-bond acceptors (Lipinski definition) is 4. The van der Waals surface area contributed by atoms with Crippen LogP contribution in [0.15, 0.2) is 18.2 Å². The molecule has 1 aromatic rings. The lowest BCUT2D eigenvalue weighted by atomic mass is 9.79. The van der Waals surface area contributed by atoms with Gasteiger partial charge in [0.1, 0.15) is 5.54 Å². The minimum Gasteiger partial charge on any atom is -0.384 e. The highest BCUT2D eigenvalue weighted by molar-refractivity contribution is 6.06. The van der Waals surface area contributed by atoms with Crippen molar-refractivity contribution in [3.63, 3.8) is 0 Å². The third kappa shape index (κ3) is 3.20. The molecule has 3 N–H and O–H groups in total. The Balaban J connectivity index is 0.00000182. The van der Waals surface area contributed by atoms with Gasteiger partial charge >= 0.3 is 6.03 Å². The molecule has 3 amide bonds. The first-order valence-electron chi connectivity index (χ1n) is 8.77. The van der Waals surface area contributed by atoms with Crippen LogP contribution < -0.4 is 16.0 Å². The molecule has 0 aliphatic carbocycles. The van der Waals surface area contributed by atoms with E-state index in [1.165, 1.54) is 16.8 Å². The second kappa shape index (κ2) is 6.84. The standard InChI is InChI=1S/C18H24N4O2.ClH/c1-18(16(23)20-17(24)21-18)14-6-9-22(10-7-14)11-13-4-2-3-12-5-8-19-15(12)13;/h2-4,14,19H,5-11H2,1H3,(H2,20,21,23,24);1H. The van der Waals surface area contributed by atoms with E-state index in [2.05, 4.69) is 39.0 Å². The van der Waals surface area contributed by atoms with E-state index in [0.29, 0.717) is 0 Å². The van der Waals surface area contributed by atoms with Gasteiger partial charge in [0.2, 0.25) is 0 Å². The SMILES string of the molecule is CC1(C2CCN(Cc3cccc4c3NCC4)CC2)NC(=O)NC1=O.Cl. The fraction of sp³-hybridized carbons (Fsp3) is 0.556. The molecule has 0 spiro atoms. The van der Waals surface area contributed by atoms with E-state index in [9.17, 15) is 9.59 Å². The molecule has 3 heterocycles. The molecule has 0 radical (unpaired) electrons. The van der Waals surface area contributed by atoms with Crippen LogP contribution in [0, 0.1) is 5.92 Å². The summed E-state index contributed by atoms with van der Waals surface area (Å²) < 4.78 is 0. The zero-order valence-corrected chi connectivity index (χ0v) is 15.2. The second-order valence-corrected chi connectivity index (χ2v) is 7.29. The molecule has 136 valence electrons. The molecule has 1 aromatic carbocycles. The molecule has 0 saturated carbocycles. The number of halogens is 1. The number of carbonyl (C=O) groups is 2. The van der Waals surface area contributed by atoms with Gasteiger partial charge in [-0.25, -0.2) is 4.79 Å². The van der Waals surface area contributed by atoms with E-state index < -0.39 is 5.54 Å². The lowest BCUT2D eigenvalue weighted by molar-refractivity contribution is -0.125. The predicted octanol–water partition coefficient (Wildman–Crippen LogP) is 1.89. The Morgan fingerprint density at radius 1 is 1.24 bits per heavy atom. The average Bonchev–Trinajstić information content (AvgIpc) is 3.14. The van der Waals surface area contributed by atoms with E-state index in [1.54, 1.807) is 0 Å². The molecule has 0 aromatic heterocycles. The van der Waals surface area contributed by atoms with Gasteiger partial charge < -0.3 is 10.6 Å². The second-order valence-electron chi connectivity index (χ2n) is 7.29. The van der Waals surface area contributed by atoms with Crippen LogP contribution in [0.2, 0.25) is 0 Å². The molecule has 2 fully saturated rings. The van der Waals surface area contributed by atoms with E-state index in [4.69, 9.17) is 0 Å². The van der Waals surface area contributed by atoms with Crippen molar-refractivity contribution in [3.8, 4) is 0 Å². The highest BCUT2D eigenvalue weighted by atomic mass is 35.5. The summed E-state index contributed by atoms with van der Waals surface area (Å²) in [6.07, 6.45) is 2.96. The van der Waals surface area contributed by atoms with Gasteiger partial charge in [-0.2, -0.15) is 0 Å². The number of piperidine rings is 1. The van der Waals surface area contributed by atoms with Crippen LogP contribution in [-0.4, -0.2) is 42.0 Å². The van der Waals surface area contributed by atoms with Gasteiger partial charge in [-0.1, -0.05) is 18.2 Å². The summed E-state index contributed by atoms with van der Waals surface area (Å²) in [6.45, 7) is 5.72. The van der Waals surface area contributed by atoms with Gasteiger partial charge in [-0.15, -0.1) is 12.4 Å². The summed E-state index contributed by atoms with van der Waals surface area (Å²) >= 11 is 0. The summed E-state index contributed by atoms with van der Waals surface area (Å²) in [5.41, 5.74) is 3.34. The van der Waals surface area contributed by atoms with Crippen LogP contribution >= 0.6 is 12.4 Å². The van der Waals surface area contributed by atoms with Crippen LogP contribution in [0.4, 0.5) is 10.5 Å². The lowest BCUT2D eigenvalue weighted by Gasteiger charge is -2.38. The number of imide groups is 1. The Morgan fingerprint density at radius 2 is 2.00 bits per heavy atom. The van der Waals surface area contributed by atoms with Gasteiger partial charge in [-0.05, 0) is 56.3 Å². The van der Waals surface area contributed by atoms with Crippen molar-refractivity contribution in [2.75, 3.05) is 25.0 Å². The Kier molecular flexibility index (Phi) is 4.93. The topological polar surface area (TPSA) is 73.5 Å². The third-order valence-corrected chi connectivity index (χ3v) is 5.80. The van der Waals surface area contributed by atoms with Crippen LogP contribution in [0.3, 0.4) is 0 Å². The molecule has 3 aliphatic heterocycles. The molecule has 25 heavy (non-hydrogen) atoms. The first kappa shape index (κ1) is 18.0. The number of amides is 3. The van der Waals surface area contributed by atoms with Crippen molar-refractivity contribution in [1.82, 2.24) is 15.5 Å². The van der Waals surface area contributed by atoms with Crippen molar-refractivity contribution in [3.05, 3.63) is 29.3 Å². The van der Waals surface area contributed by atoms with Crippen LogP contribution in [0.1, 0.15) is 30.9 Å². The number of nitrogens with zero attached hydrogens (tertiary/aromatic N) is 1. The van der Waals surface area contributed by atoms with Crippen molar-refractivity contribution >= 4 is 30.0 Å². The molecule has 6 nitrogen and oxygen atoms in total. The zero-order valence-electron chi connectivity index (χ0n) is 14.4. The molecular formula is C18H25ClN4O2. The number of benzene rings is 1. The first-order valence-corrected chi connectivity index (χ1v) is 8.77.